The van der Waals surface area contributed by atoms with Crippen molar-refractivity contribution in [2.45, 2.75) is 13.3 Å². The molecule has 2 aliphatic carbocycles. The summed E-state index contributed by atoms with van der Waals surface area (Å²) in [5.41, 5.74) is 4.70. The first-order chi connectivity index (χ1) is 14.2. The Hall–Kier alpha value is -1.70. The fourth-order valence-electron chi connectivity index (χ4n) is 3.34. The standard InChI is InChI=1S/C22H21O2.C5H5.Fe/c1-3-21(16-11-13-19(23)14-12-16)22(17-7-4-5-8-17)18-9-6-10-20(15-18)24-2;1-2-4-5-3-1;/h4-15,23H,3H2,1-2H3;1-5H;/q;;+2/b22-21+;;. The monoisotopic (exact) mass is 438 g/mol. The van der Waals surface area contributed by atoms with E-state index >= 15 is 0 Å². The molecule has 2 aromatic carbocycles. The Morgan fingerprint density at radius 3 is 1.93 bits per heavy atom. The third-order valence-corrected chi connectivity index (χ3v) is 4.74. The van der Waals surface area contributed by atoms with Gasteiger partial charge in [0.15, 0.2) is 0 Å². The number of benzene rings is 2. The largest absolute Gasteiger partial charge is 2.00 e. The van der Waals surface area contributed by atoms with Crippen molar-refractivity contribution in [2.24, 2.45) is 0 Å². The molecule has 3 heteroatoms. The van der Waals surface area contributed by atoms with E-state index in [0.29, 0.717) is 0 Å². The molecule has 0 saturated heterocycles. The predicted octanol–water partition coefficient (Wildman–Crippen LogP) is 6.15. The third kappa shape index (κ3) is 6.65. The number of phenolic OH excluding ortho intramolecular Hbond substituents is 1. The molecule has 0 aromatic heterocycles. The van der Waals surface area contributed by atoms with E-state index in [4.69, 9.17) is 4.74 Å². The Morgan fingerprint density at radius 1 is 0.800 bits per heavy atom. The number of allylic oxidation sites excluding steroid dienone is 2. The molecule has 0 spiro atoms. The molecule has 2 nitrogen and oxygen atoms in total. The van der Waals surface area contributed by atoms with Crippen molar-refractivity contribution in [3.05, 3.63) is 123 Å². The summed E-state index contributed by atoms with van der Waals surface area (Å²) < 4.78 is 5.40. The van der Waals surface area contributed by atoms with E-state index in [2.05, 4.69) is 44.7 Å². The molecule has 0 amide bonds. The van der Waals surface area contributed by atoms with Crippen LogP contribution >= 0.6 is 0 Å². The van der Waals surface area contributed by atoms with Crippen LogP contribution in [0.4, 0.5) is 0 Å². The maximum absolute atomic E-state index is 9.59. The number of hydrogen-bond acceptors (Lipinski definition) is 2. The Morgan fingerprint density at radius 2 is 1.40 bits per heavy atom. The number of ether oxygens (including phenoxy) is 1. The van der Waals surface area contributed by atoms with E-state index in [1.807, 2.05) is 56.4 Å². The summed E-state index contributed by atoms with van der Waals surface area (Å²) in [7, 11) is 1.69. The maximum Gasteiger partial charge on any atom is 2.00 e. The van der Waals surface area contributed by atoms with E-state index < -0.39 is 0 Å². The molecule has 4 rings (SSSR count). The quantitative estimate of drug-likeness (QED) is 0.449. The second kappa shape index (κ2) is 12.9. The van der Waals surface area contributed by atoms with Crippen molar-refractivity contribution in [3.8, 4) is 11.5 Å². The van der Waals surface area contributed by atoms with Gasteiger partial charge in [-0.25, -0.2) is 0 Å². The molecule has 2 fully saturated rings. The minimum atomic E-state index is 0. The van der Waals surface area contributed by atoms with Crippen LogP contribution in [-0.2, 0) is 17.1 Å². The first-order valence-corrected chi connectivity index (χ1v) is 9.78. The van der Waals surface area contributed by atoms with Gasteiger partial charge in [0, 0.05) is 5.92 Å². The van der Waals surface area contributed by atoms with Gasteiger partial charge in [0.1, 0.15) is 11.5 Å². The summed E-state index contributed by atoms with van der Waals surface area (Å²) in [4.78, 5) is 0. The SMILES string of the molecule is CC/C(=C(/[C]1[CH][CH][CH][CH]1)c1cccc(OC)c1)c1ccc(O)cc1.[CH]1[CH][CH][CH][CH]1.[Fe+2]. The van der Waals surface area contributed by atoms with Gasteiger partial charge < -0.3 is 9.84 Å². The molecule has 2 saturated carbocycles. The van der Waals surface area contributed by atoms with Crippen LogP contribution in [0.2, 0.25) is 0 Å². The molecular formula is C27H26FeO2+2. The molecule has 2 aliphatic rings. The van der Waals surface area contributed by atoms with Crippen LogP contribution in [0.1, 0.15) is 24.5 Å². The molecule has 2 aromatic rings. The van der Waals surface area contributed by atoms with Crippen LogP contribution in [-0.4, -0.2) is 12.2 Å². The zero-order chi connectivity index (χ0) is 20.5. The topological polar surface area (TPSA) is 29.5 Å². The average molecular weight is 438 g/mol. The summed E-state index contributed by atoms with van der Waals surface area (Å²) >= 11 is 0. The van der Waals surface area contributed by atoms with Crippen molar-refractivity contribution in [1.82, 2.24) is 0 Å². The second-order valence-corrected chi connectivity index (χ2v) is 6.62. The van der Waals surface area contributed by atoms with Crippen LogP contribution in [0.15, 0.2) is 48.5 Å². The second-order valence-electron chi connectivity index (χ2n) is 6.62. The maximum atomic E-state index is 9.59. The minimum absolute atomic E-state index is 0. The molecule has 0 aliphatic heterocycles. The van der Waals surface area contributed by atoms with Crippen molar-refractivity contribution < 1.29 is 26.9 Å². The number of phenols is 1. The molecule has 0 unspecified atom stereocenters. The molecular weight excluding hydrogens is 412 g/mol. The first-order valence-electron chi connectivity index (χ1n) is 9.78. The van der Waals surface area contributed by atoms with Crippen LogP contribution < -0.4 is 4.74 Å². The van der Waals surface area contributed by atoms with Crippen molar-refractivity contribution >= 4 is 11.1 Å². The van der Waals surface area contributed by atoms with E-state index in [1.165, 1.54) is 17.1 Å². The molecule has 1 N–H and O–H groups in total. The zero-order valence-corrected chi connectivity index (χ0v) is 18.3. The smallest absolute Gasteiger partial charge is 0.508 e. The van der Waals surface area contributed by atoms with Gasteiger partial charge >= 0.3 is 17.1 Å². The number of hydrogen-bond donors (Lipinski definition) is 1. The minimum Gasteiger partial charge on any atom is -0.508 e. The Bertz CT molecular complexity index is 777. The average Bonchev–Trinajstić information content (AvgIpc) is 3.49. The van der Waals surface area contributed by atoms with Gasteiger partial charge in [0.2, 0.25) is 0 Å². The van der Waals surface area contributed by atoms with Gasteiger partial charge in [-0.15, -0.1) is 0 Å². The summed E-state index contributed by atoms with van der Waals surface area (Å²) in [6, 6.07) is 15.6. The van der Waals surface area contributed by atoms with Gasteiger partial charge in [-0.2, -0.15) is 0 Å². The van der Waals surface area contributed by atoms with E-state index in [-0.39, 0.29) is 22.8 Å². The Labute approximate surface area is 193 Å². The van der Waals surface area contributed by atoms with Gasteiger partial charge in [0.05, 0.1) is 7.11 Å². The van der Waals surface area contributed by atoms with Gasteiger partial charge in [-0.1, -0.05) is 31.2 Å². The molecule has 152 valence electrons. The van der Waals surface area contributed by atoms with Gasteiger partial charge in [0.25, 0.3) is 0 Å². The molecule has 30 heavy (non-hydrogen) atoms. The third-order valence-electron chi connectivity index (χ3n) is 4.74. The molecule has 0 atom stereocenters. The van der Waals surface area contributed by atoms with Crippen LogP contribution in [0, 0.1) is 63.7 Å². The fourth-order valence-corrected chi connectivity index (χ4v) is 3.34. The Balaban J connectivity index is 0.000000468. The van der Waals surface area contributed by atoms with Crippen molar-refractivity contribution in [2.75, 3.05) is 7.11 Å². The molecule has 0 bridgehead atoms. The summed E-state index contributed by atoms with van der Waals surface area (Å²) in [5, 5.41) is 9.59. The fraction of sp³-hybridized carbons (Fsp3) is 0.111. The van der Waals surface area contributed by atoms with Crippen LogP contribution in [0.25, 0.3) is 11.1 Å². The van der Waals surface area contributed by atoms with E-state index in [1.54, 1.807) is 19.2 Å². The molecule has 0 heterocycles. The summed E-state index contributed by atoms with van der Waals surface area (Å²) in [5.74, 6) is 2.32. The summed E-state index contributed by atoms with van der Waals surface area (Å²) in [6.07, 6.45) is 19.3. The number of aromatic hydroxyl groups is 1. The first kappa shape index (κ1) is 24.6. The zero-order valence-electron chi connectivity index (χ0n) is 17.2. The predicted molar refractivity (Wildman–Crippen MR) is 120 cm³/mol. The van der Waals surface area contributed by atoms with Crippen molar-refractivity contribution in [3.63, 3.8) is 0 Å². The van der Waals surface area contributed by atoms with Gasteiger partial charge in [-0.05, 0) is 111 Å². The number of methoxy groups -OCH3 is 1. The van der Waals surface area contributed by atoms with Crippen LogP contribution in [0.5, 0.6) is 11.5 Å². The molecule has 10 radical (unpaired) electrons. The normalized spacial score (nSPS) is 16.9. The van der Waals surface area contributed by atoms with E-state index in [9.17, 15) is 5.11 Å². The van der Waals surface area contributed by atoms with E-state index in [0.717, 1.165) is 23.3 Å². The summed E-state index contributed by atoms with van der Waals surface area (Å²) in [6.45, 7) is 2.16. The number of rotatable bonds is 5. The van der Waals surface area contributed by atoms with Crippen molar-refractivity contribution in [1.29, 1.82) is 0 Å². The van der Waals surface area contributed by atoms with Gasteiger partial charge in [-0.3, -0.25) is 0 Å². The Kier molecular flexibility index (Phi) is 10.5. The van der Waals surface area contributed by atoms with Crippen LogP contribution in [0.3, 0.4) is 0 Å².